The van der Waals surface area contributed by atoms with Crippen LogP contribution in [0.5, 0.6) is 5.75 Å². The van der Waals surface area contributed by atoms with Crippen molar-refractivity contribution in [3.8, 4) is 17.0 Å². The number of methoxy groups -OCH3 is 1. The smallest absolute Gasteiger partial charge is 0.242 e. The van der Waals surface area contributed by atoms with Crippen molar-refractivity contribution in [2.24, 2.45) is 0 Å². The van der Waals surface area contributed by atoms with E-state index in [2.05, 4.69) is 20.6 Å². The molecule has 1 aliphatic rings. The molecule has 1 amide bonds. The Balaban J connectivity index is 1.81. The van der Waals surface area contributed by atoms with Gasteiger partial charge in [0.1, 0.15) is 17.9 Å². The summed E-state index contributed by atoms with van der Waals surface area (Å²) in [6.07, 6.45) is 3.32. The molecular weight excluding hydrogens is 280 g/mol. The molecule has 1 aromatic carbocycles. The third-order valence-corrected chi connectivity index (χ3v) is 3.68. The Morgan fingerprint density at radius 3 is 3.00 bits per heavy atom. The van der Waals surface area contributed by atoms with E-state index in [1.807, 2.05) is 24.3 Å². The third-order valence-electron chi connectivity index (χ3n) is 3.68. The summed E-state index contributed by atoms with van der Waals surface area (Å²) in [6, 6.07) is 9.23. The van der Waals surface area contributed by atoms with Gasteiger partial charge >= 0.3 is 0 Å². The molecule has 0 unspecified atom stereocenters. The maximum absolute atomic E-state index is 12.1. The quantitative estimate of drug-likeness (QED) is 0.901. The average Bonchev–Trinajstić information content (AvgIpc) is 3.10. The van der Waals surface area contributed by atoms with Crippen LogP contribution in [-0.2, 0) is 4.79 Å². The van der Waals surface area contributed by atoms with E-state index in [1.165, 1.54) is 6.33 Å². The monoisotopic (exact) mass is 298 g/mol. The lowest BCUT2D eigenvalue weighted by Crippen LogP contribution is -2.35. The van der Waals surface area contributed by atoms with E-state index in [0.717, 1.165) is 30.7 Å². The zero-order valence-corrected chi connectivity index (χ0v) is 12.4. The molecule has 1 fully saturated rings. The number of para-hydroxylation sites is 1. The van der Waals surface area contributed by atoms with Crippen molar-refractivity contribution < 1.29 is 9.53 Å². The van der Waals surface area contributed by atoms with Crippen molar-refractivity contribution in [2.45, 2.75) is 18.9 Å². The number of rotatable bonds is 4. The number of hydrogen-bond acceptors (Lipinski definition) is 5. The normalized spacial score (nSPS) is 17.2. The molecule has 3 rings (SSSR count). The van der Waals surface area contributed by atoms with E-state index in [0.29, 0.717) is 11.5 Å². The number of benzene rings is 1. The van der Waals surface area contributed by atoms with Crippen molar-refractivity contribution in [3.05, 3.63) is 36.7 Å². The van der Waals surface area contributed by atoms with Crippen LogP contribution < -0.4 is 15.4 Å². The van der Waals surface area contributed by atoms with E-state index >= 15 is 0 Å². The summed E-state index contributed by atoms with van der Waals surface area (Å²) in [5.41, 5.74) is 1.57. The van der Waals surface area contributed by atoms with Crippen molar-refractivity contribution >= 4 is 11.7 Å². The molecule has 2 N–H and O–H groups in total. The Kier molecular flexibility index (Phi) is 4.29. The minimum absolute atomic E-state index is 0.0535. The number of anilines is 1. The van der Waals surface area contributed by atoms with Crippen molar-refractivity contribution in [1.82, 2.24) is 15.3 Å². The first-order valence-corrected chi connectivity index (χ1v) is 7.27. The average molecular weight is 298 g/mol. The minimum atomic E-state index is -0.135. The zero-order chi connectivity index (χ0) is 15.4. The van der Waals surface area contributed by atoms with E-state index in [-0.39, 0.29) is 11.9 Å². The van der Waals surface area contributed by atoms with Crippen LogP contribution in [0.4, 0.5) is 5.82 Å². The van der Waals surface area contributed by atoms with E-state index in [4.69, 9.17) is 4.74 Å². The summed E-state index contributed by atoms with van der Waals surface area (Å²) >= 11 is 0. The molecule has 0 spiro atoms. The highest BCUT2D eigenvalue weighted by atomic mass is 16.5. The molecule has 0 saturated carbocycles. The van der Waals surface area contributed by atoms with Gasteiger partial charge in [-0.25, -0.2) is 9.97 Å². The second-order valence-electron chi connectivity index (χ2n) is 5.13. The lowest BCUT2D eigenvalue weighted by molar-refractivity contribution is -0.117. The van der Waals surface area contributed by atoms with Crippen LogP contribution in [-0.4, -0.2) is 35.6 Å². The van der Waals surface area contributed by atoms with Gasteiger partial charge < -0.3 is 15.4 Å². The first kappa shape index (κ1) is 14.5. The zero-order valence-electron chi connectivity index (χ0n) is 12.4. The lowest BCUT2D eigenvalue weighted by Gasteiger charge is -2.11. The fraction of sp³-hybridized carbons (Fsp3) is 0.312. The van der Waals surface area contributed by atoms with Gasteiger partial charge in [0, 0.05) is 11.6 Å². The molecule has 0 radical (unpaired) electrons. The van der Waals surface area contributed by atoms with Gasteiger partial charge in [-0.2, -0.15) is 0 Å². The number of carbonyl (C=O) groups is 1. The number of aromatic nitrogens is 2. The number of nitrogens with zero attached hydrogens (tertiary/aromatic N) is 2. The lowest BCUT2D eigenvalue weighted by atomic mass is 10.1. The van der Waals surface area contributed by atoms with Crippen LogP contribution in [0, 0.1) is 0 Å². The van der Waals surface area contributed by atoms with E-state index in [1.54, 1.807) is 13.2 Å². The van der Waals surface area contributed by atoms with Crippen LogP contribution in [0.15, 0.2) is 36.7 Å². The number of hydrogen-bond donors (Lipinski definition) is 2. The first-order valence-electron chi connectivity index (χ1n) is 7.27. The Morgan fingerprint density at radius 2 is 2.23 bits per heavy atom. The van der Waals surface area contributed by atoms with Gasteiger partial charge in [-0.15, -0.1) is 0 Å². The van der Waals surface area contributed by atoms with Crippen molar-refractivity contribution in [2.75, 3.05) is 19.0 Å². The van der Waals surface area contributed by atoms with Crippen LogP contribution in [0.3, 0.4) is 0 Å². The molecule has 6 nitrogen and oxygen atoms in total. The van der Waals surface area contributed by atoms with Gasteiger partial charge in [-0.3, -0.25) is 4.79 Å². The Labute approximate surface area is 128 Å². The largest absolute Gasteiger partial charge is 0.496 e. The Hall–Kier alpha value is -2.47. The molecule has 1 aromatic heterocycles. The molecule has 114 valence electrons. The van der Waals surface area contributed by atoms with Gasteiger partial charge in [-0.1, -0.05) is 12.1 Å². The van der Waals surface area contributed by atoms with Gasteiger partial charge in [0.15, 0.2) is 0 Å². The molecule has 1 atom stereocenters. The van der Waals surface area contributed by atoms with Gasteiger partial charge in [0.25, 0.3) is 0 Å². The molecule has 2 aromatic rings. The maximum Gasteiger partial charge on any atom is 0.242 e. The predicted octanol–water partition coefficient (Wildman–Crippen LogP) is 1.84. The molecule has 22 heavy (non-hydrogen) atoms. The number of amides is 1. The number of ether oxygens (including phenoxy) is 1. The maximum atomic E-state index is 12.1. The summed E-state index contributed by atoms with van der Waals surface area (Å²) in [4.78, 5) is 20.5. The third kappa shape index (κ3) is 3.07. The molecule has 6 heteroatoms. The fourth-order valence-electron chi connectivity index (χ4n) is 2.55. The fourth-order valence-corrected chi connectivity index (χ4v) is 2.55. The van der Waals surface area contributed by atoms with Gasteiger partial charge in [0.05, 0.1) is 18.8 Å². The summed E-state index contributed by atoms with van der Waals surface area (Å²) in [6.45, 7) is 0.883. The molecule has 0 bridgehead atoms. The van der Waals surface area contributed by atoms with Crippen molar-refractivity contribution in [3.63, 3.8) is 0 Å². The highest BCUT2D eigenvalue weighted by Gasteiger charge is 2.22. The second kappa shape index (κ2) is 6.53. The van der Waals surface area contributed by atoms with Crippen LogP contribution >= 0.6 is 0 Å². The van der Waals surface area contributed by atoms with Gasteiger partial charge in [-0.05, 0) is 31.5 Å². The molecule has 0 aliphatic carbocycles. The standard InChI is InChI=1S/C16H18N4O2/c1-22-14-7-3-2-5-11(14)13-9-15(19-10-18-13)20-16(21)12-6-4-8-17-12/h2-3,5,7,9-10,12,17H,4,6,8H2,1H3,(H,18,19,20,21)/t12-/m0/s1. The van der Waals surface area contributed by atoms with Crippen LogP contribution in [0.2, 0.25) is 0 Å². The van der Waals surface area contributed by atoms with E-state index in [9.17, 15) is 4.79 Å². The SMILES string of the molecule is COc1ccccc1-c1cc(NC(=O)[C@@H]2CCCN2)ncn1. The Bertz CT molecular complexity index is 669. The topological polar surface area (TPSA) is 76.1 Å². The summed E-state index contributed by atoms with van der Waals surface area (Å²) in [5, 5.41) is 6.00. The van der Waals surface area contributed by atoms with Crippen LogP contribution in [0.1, 0.15) is 12.8 Å². The van der Waals surface area contributed by atoms with E-state index < -0.39 is 0 Å². The minimum Gasteiger partial charge on any atom is -0.496 e. The van der Waals surface area contributed by atoms with Crippen molar-refractivity contribution in [1.29, 1.82) is 0 Å². The second-order valence-corrected chi connectivity index (χ2v) is 5.13. The summed E-state index contributed by atoms with van der Waals surface area (Å²) in [7, 11) is 1.62. The molecule has 1 aliphatic heterocycles. The predicted molar refractivity (Wildman–Crippen MR) is 83.7 cm³/mol. The molecular formula is C16H18N4O2. The highest BCUT2D eigenvalue weighted by Crippen LogP contribution is 2.28. The molecule has 2 heterocycles. The molecule has 1 saturated heterocycles. The Morgan fingerprint density at radius 1 is 1.36 bits per heavy atom. The van der Waals surface area contributed by atoms with Gasteiger partial charge in [0.2, 0.25) is 5.91 Å². The summed E-state index contributed by atoms with van der Waals surface area (Å²) < 4.78 is 5.34. The first-order chi connectivity index (χ1) is 10.8. The van der Waals surface area contributed by atoms with Crippen LogP contribution in [0.25, 0.3) is 11.3 Å². The number of nitrogens with one attached hydrogen (secondary N) is 2. The number of carbonyl (C=O) groups excluding carboxylic acids is 1. The highest BCUT2D eigenvalue weighted by molar-refractivity contribution is 5.94. The summed E-state index contributed by atoms with van der Waals surface area (Å²) in [5.74, 6) is 1.17.